The SMILES string of the molecule is CCCCCS(=O)(=O)CC(=O)Nc1cc(Cl)ccc1N1CCN(CC)CC1. The lowest BCUT2D eigenvalue weighted by atomic mass is 10.2. The first-order valence-electron chi connectivity index (χ1n) is 9.61. The van der Waals surface area contributed by atoms with E-state index in [1.807, 2.05) is 13.0 Å². The maximum atomic E-state index is 12.3. The van der Waals surface area contributed by atoms with Crippen LogP contribution >= 0.6 is 11.6 Å². The van der Waals surface area contributed by atoms with Crippen molar-refractivity contribution in [3.63, 3.8) is 0 Å². The van der Waals surface area contributed by atoms with Gasteiger partial charge in [0.05, 0.1) is 17.1 Å². The van der Waals surface area contributed by atoms with Crippen molar-refractivity contribution >= 4 is 38.7 Å². The Kier molecular flexibility index (Phi) is 8.38. The van der Waals surface area contributed by atoms with Gasteiger partial charge in [-0.2, -0.15) is 0 Å². The summed E-state index contributed by atoms with van der Waals surface area (Å²) < 4.78 is 24.3. The monoisotopic (exact) mass is 415 g/mol. The molecule has 1 heterocycles. The van der Waals surface area contributed by atoms with E-state index in [2.05, 4.69) is 22.0 Å². The highest BCUT2D eigenvalue weighted by atomic mass is 35.5. The van der Waals surface area contributed by atoms with Gasteiger partial charge in [0.2, 0.25) is 5.91 Å². The molecule has 1 N–H and O–H groups in total. The number of anilines is 2. The first-order valence-corrected chi connectivity index (χ1v) is 11.8. The van der Waals surface area contributed by atoms with Crippen LogP contribution in [-0.4, -0.2) is 63.5 Å². The quantitative estimate of drug-likeness (QED) is 0.628. The molecule has 1 aliphatic rings. The Morgan fingerprint density at radius 3 is 2.48 bits per heavy atom. The third kappa shape index (κ3) is 6.97. The number of carbonyl (C=O) groups excluding carboxylic acids is 1. The minimum atomic E-state index is -3.40. The van der Waals surface area contributed by atoms with Crippen LogP contribution in [-0.2, 0) is 14.6 Å². The molecule has 1 aliphatic heterocycles. The Hall–Kier alpha value is -1.31. The highest BCUT2D eigenvalue weighted by Gasteiger charge is 2.21. The number of halogens is 1. The molecule has 0 aliphatic carbocycles. The molecule has 0 spiro atoms. The second kappa shape index (κ2) is 10.3. The topological polar surface area (TPSA) is 69.7 Å². The summed E-state index contributed by atoms with van der Waals surface area (Å²) in [6.07, 6.45) is 2.39. The summed E-state index contributed by atoms with van der Waals surface area (Å²) in [7, 11) is -3.40. The number of likely N-dealkylation sites (N-methyl/N-ethyl adjacent to an activating group) is 1. The summed E-state index contributed by atoms with van der Waals surface area (Å²) >= 11 is 6.11. The molecular formula is C19H30ClN3O3S. The first-order chi connectivity index (χ1) is 12.8. The van der Waals surface area contributed by atoms with Crippen LogP contribution in [0, 0.1) is 0 Å². The first kappa shape index (κ1) is 22.0. The number of carbonyl (C=O) groups is 1. The minimum Gasteiger partial charge on any atom is -0.367 e. The van der Waals surface area contributed by atoms with Gasteiger partial charge in [-0.05, 0) is 31.2 Å². The number of unbranched alkanes of at least 4 members (excludes halogenated alkanes) is 2. The van der Waals surface area contributed by atoms with E-state index < -0.39 is 21.5 Å². The zero-order valence-corrected chi connectivity index (χ0v) is 17.8. The molecule has 1 amide bonds. The van der Waals surface area contributed by atoms with Gasteiger partial charge in [0.1, 0.15) is 5.75 Å². The van der Waals surface area contributed by atoms with Crippen molar-refractivity contribution in [2.45, 2.75) is 33.1 Å². The molecule has 0 aromatic heterocycles. The van der Waals surface area contributed by atoms with Crippen LogP contribution < -0.4 is 10.2 Å². The Labute approximate surface area is 167 Å². The zero-order chi connectivity index (χ0) is 19.9. The number of rotatable bonds is 9. The largest absolute Gasteiger partial charge is 0.367 e. The van der Waals surface area contributed by atoms with Crippen LogP contribution in [0.5, 0.6) is 0 Å². The molecule has 0 saturated carbocycles. The maximum absolute atomic E-state index is 12.3. The Morgan fingerprint density at radius 2 is 1.85 bits per heavy atom. The Morgan fingerprint density at radius 1 is 1.15 bits per heavy atom. The molecule has 8 heteroatoms. The smallest absolute Gasteiger partial charge is 0.239 e. The van der Waals surface area contributed by atoms with Crippen molar-refractivity contribution < 1.29 is 13.2 Å². The summed E-state index contributed by atoms with van der Waals surface area (Å²) in [6.45, 7) is 8.80. The molecule has 1 fully saturated rings. The van der Waals surface area contributed by atoms with Gasteiger partial charge in [-0.1, -0.05) is 38.3 Å². The van der Waals surface area contributed by atoms with E-state index in [-0.39, 0.29) is 5.75 Å². The number of amides is 1. The molecule has 2 rings (SSSR count). The predicted octanol–water partition coefficient (Wildman–Crippen LogP) is 3.03. The van der Waals surface area contributed by atoms with Gasteiger partial charge < -0.3 is 15.1 Å². The van der Waals surface area contributed by atoms with E-state index in [1.54, 1.807) is 12.1 Å². The molecule has 1 aromatic rings. The van der Waals surface area contributed by atoms with Crippen molar-refractivity contribution in [3.05, 3.63) is 23.2 Å². The van der Waals surface area contributed by atoms with Gasteiger partial charge in [0, 0.05) is 31.2 Å². The van der Waals surface area contributed by atoms with Gasteiger partial charge in [-0.15, -0.1) is 0 Å². The number of nitrogens with one attached hydrogen (secondary N) is 1. The summed E-state index contributed by atoms with van der Waals surface area (Å²) in [4.78, 5) is 16.9. The standard InChI is InChI=1S/C19H30ClN3O3S/c1-3-5-6-13-27(25,26)15-19(24)21-17-14-16(20)7-8-18(17)23-11-9-22(4-2)10-12-23/h7-8,14H,3-6,9-13,15H2,1-2H3,(H,21,24). The summed E-state index contributed by atoms with van der Waals surface area (Å²) in [5, 5.41) is 3.27. The molecule has 27 heavy (non-hydrogen) atoms. The fourth-order valence-electron chi connectivity index (χ4n) is 3.22. The lowest BCUT2D eigenvalue weighted by Gasteiger charge is -2.36. The third-order valence-corrected chi connectivity index (χ3v) is 6.65. The summed E-state index contributed by atoms with van der Waals surface area (Å²) in [5.74, 6) is -0.954. The molecule has 0 bridgehead atoms. The van der Waals surface area contributed by atoms with Crippen LogP contribution in [0.15, 0.2) is 18.2 Å². The lowest BCUT2D eigenvalue weighted by molar-refractivity contribution is -0.113. The van der Waals surface area contributed by atoms with E-state index in [0.717, 1.165) is 51.3 Å². The van der Waals surface area contributed by atoms with Crippen molar-refractivity contribution in [1.29, 1.82) is 0 Å². The lowest BCUT2D eigenvalue weighted by Crippen LogP contribution is -2.46. The highest BCUT2D eigenvalue weighted by molar-refractivity contribution is 7.92. The number of piperazine rings is 1. The highest BCUT2D eigenvalue weighted by Crippen LogP contribution is 2.30. The molecule has 152 valence electrons. The van der Waals surface area contributed by atoms with Crippen LogP contribution in [0.2, 0.25) is 5.02 Å². The third-order valence-electron chi connectivity index (χ3n) is 4.80. The zero-order valence-electron chi connectivity index (χ0n) is 16.2. The molecule has 0 radical (unpaired) electrons. The molecule has 1 saturated heterocycles. The second-order valence-corrected chi connectivity index (χ2v) is 9.55. The maximum Gasteiger partial charge on any atom is 0.239 e. The average molecular weight is 416 g/mol. The van der Waals surface area contributed by atoms with Crippen LogP contribution in [0.3, 0.4) is 0 Å². The normalized spacial score (nSPS) is 15.7. The van der Waals surface area contributed by atoms with E-state index >= 15 is 0 Å². The van der Waals surface area contributed by atoms with Gasteiger partial charge in [-0.25, -0.2) is 8.42 Å². The van der Waals surface area contributed by atoms with Gasteiger partial charge >= 0.3 is 0 Å². The van der Waals surface area contributed by atoms with Crippen molar-refractivity contribution in [2.24, 2.45) is 0 Å². The number of sulfone groups is 1. The summed E-state index contributed by atoms with van der Waals surface area (Å²) in [5.41, 5.74) is 1.45. The van der Waals surface area contributed by atoms with Gasteiger partial charge in [0.15, 0.2) is 9.84 Å². The fourth-order valence-corrected chi connectivity index (χ4v) is 4.65. The van der Waals surface area contributed by atoms with Crippen LogP contribution in [0.25, 0.3) is 0 Å². The average Bonchev–Trinajstić information content (AvgIpc) is 2.61. The van der Waals surface area contributed by atoms with E-state index in [4.69, 9.17) is 11.6 Å². The second-order valence-electron chi connectivity index (χ2n) is 6.93. The van der Waals surface area contributed by atoms with Crippen molar-refractivity contribution in [2.75, 3.05) is 54.4 Å². The number of nitrogens with zero attached hydrogens (tertiary/aromatic N) is 2. The number of benzene rings is 1. The van der Waals surface area contributed by atoms with E-state index in [0.29, 0.717) is 17.1 Å². The minimum absolute atomic E-state index is 0.0512. The van der Waals surface area contributed by atoms with Gasteiger partial charge in [-0.3, -0.25) is 4.79 Å². The van der Waals surface area contributed by atoms with Crippen LogP contribution in [0.4, 0.5) is 11.4 Å². The van der Waals surface area contributed by atoms with Crippen LogP contribution in [0.1, 0.15) is 33.1 Å². The van der Waals surface area contributed by atoms with Crippen molar-refractivity contribution in [1.82, 2.24) is 4.90 Å². The Balaban J connectivity index is 2.05. The van der Waals surface area contributed by atoms with E-state index in [9.17, 15) is 13.2 Å². The molecular weight excluding hydrogens is 386 g/mol. The van der Waals surface area contributed by atoms with E-state index in [1.165, 1.54) is 0 Å². The van der Waals surface area contributed by atoms with Gasteiger partial charge in [0.25, 0.3) is 0 Å². The fraction of sp³-hybridized carbons (Fsp3) is 0.632. The molecule has 6 nitrogen and oxygen atoms in total. The molecule has 0 unspecified atom stereocenters. The summed E-state index contributed by atoms with van der Waals surface area (Å²) in [6, 6.07) is 5.36. The predicted molar refractivity (Wildman–Crippen MR) is 113 cm³/mol. The number of hydrogen-bond donors (Lipinski definition) is 1. The Bertz CT molecular complexity index is 732. The van der Waals surface area contributed by atoms with Crippen molar-refractivity contribution in [3.8, 4) is 0 Å². The molecule has 0 atom stereocenters. The molecule has 1 aromatic carbocycles. The number of hydrogen-bond acceptors (Lipinski definition) is 5.